The Morgan fingerprint density at radius 1 is 0.556 bits per heavy atom. The maximum absolute atomic E-state index is 13.2. The largest absolute Gasteiger partial charge is 0.508 e. The summed E-state index contributed by atoms with van der Waals surface area (Å²) < 4.78 is 6.25. The molecule has 0 bridgehead atoms. The minimum atomic E-state index is -1.26. The van der Waals surface area contributed by atoms with Gasteiger partial charge in [-0.3, -0.25) is 0 Å². The fourth-order valence-electron chi connectivity index (χ4n) is 5.02. The van der Waals surface area contributed by atoms with Gasteiger partial charge in [0.1, 0.15) is 11.5 Å². The average Bonchev–Trinajstić information content (AvgIpc) is 3.23. The lowest BCUT2D eigenvalue weighted by Gasteiger charge is -2.31. The topological polar surface area (TPSA) is 66.8 Å². The second kappa shape index (κ2) is 8.43. The van der Waals surface area contributed by atoms with Crippen LogP contribution in [0, 0.1) is 0 Å². The van der Waals surface area contributed by atoms with Crippen molar-refractivity contribution in [2.75, 3.05) is 0 Å². The number of fused-ring (bicyclic) bond motifs is 1. The molecule has 174 valence electrons. The highest BCUT2D eigenvalue weighted by Crippen LogP contribution is 2.50. The number of cyclic esters (lactones) is 1. The highest BCUT2D eigenvalue weighted by atomic mass is 16.6. The summed E-state index contributed by atoms with van der Waals surface area (Å²) in [5, 5.41) is 21.4. The second-order valence-electron chi connectivity index (χ2n) is 8.82. The van der Waals surface area contributed by atoms with Gasteiger partial charge in [-0.25, -0.2) is 4.79 Å². The third-order valence-corrected chi connectivity index (χ3v) is 6.73. The van der Waals surface area contributed by atoms with Crippen molar-refractivity contribution < 1.29 is 19.7 Å². The summed E-state index contributed by atoms with van der Waals surface area (Å²) in [6.45, 7) is 0. The first-order valence-corrected chi connectivity index (χ1v) is 11.7. The minimum Gasteiger partial charge on any atom is -0.508 e. The van der Waals surface area contributed by atoms with Crippen molar-refractivity contribution in [2.45, 2.75) is 5.60 Å². The third-order valence-electron chi connectivity index (χ3n) is 6.73. The first-order chi connectivity index (χ1) is 17.6. The van der Waals surface area contributed by atoms with Gasteiger partial charge in [-0.1, -0.05) is 91.0 Å². The van der Waals surface area contributed by atoms with Crippen LogP contribution in [0.15, 0.2) is 121 Å². The Morgan fingerprint density at radius 3 is 1.67 bits per heavy atom. The number of aromatic hydroxyl groups is 2. The molecule has 1 aliphatic rings. The number of phenolic OH excluding ortho intramolecular Hbond substituents is 2. The molecule has 0 saturated carbocycles. The molecule has 4 heteroatoms. The van der Waals surface area contributed by atoms with E-state index >= 15 is 0 Å². The quantitative estimate of drug-likeness (QED) is 0.281. The van der Waals surface area contributed by atoms with E-state index in [1.54, 1.807) is 30.3 Å². The molecule has 0 spiro atoms. The summed E-state index contributed by atoms with van der Waals surface area (Å²) in [6, 6.07) is 37.1. The summed E-state index contributed by atoms with van der Waals surface area (Å²) in [5.74, 6) is -0.156. The van der Waals surface area contributed by atoms with Crippen LogP contribution in [0.2, 0.25) is 0 Å². The fourth-order valence-corrected chi connectivity index (χ4v) is 5.02. The lowest BCUT2D eigenvalue weighted by molar-refractivity contribution is 0.0251. The Hall–Kier alpha value is -4.83. The monoisotopic (exact) mass is 470 g/mol. The van der Waals surface area contributed by atoms with Crippen LogP contribution >= 0.6 is 0 Å². The summed E-state index contributed by atoms with van der Waals surface area (Å²) in [7, 11) is 0. The number of esters is 1. The molecule has 1 unspecified atom stereocenters. The van der Waals surface area contributed by atoms with Crippen molar-refractivity contribution in [3.63, 3.8) is 0 Å². The molecular formula is C32H22O4. The molecule has 0 aromatic heterocycles. The Morgan fingerprint density at radius 2 is 1.08 bits per heavy atom. The van der Waals surface area contributed by atoms with E-state index in [0.717, 1.165) is 11.1 Å². The van der Waals surface area contributed by atoms with Crippen molar-refractivity contribution in [2.24, 2.45) is 0 Å². The summed E-state index contributed by atoms with van der Waals surface area (Å²) >= 11 is 0. The zero-order valence-corrected chi connectivity index (χ0v) is 19.3. The van der Waals surface area contributed by atoms with Gasteiger partial charge >= 0.3 is 5.97 Å². The van der Waals surface area contributed by atoms with E-state index in [-0.39, 0.29) is 11.5 Å². The van der Waals surface area contributed by atoms with Gasteiger partial charge < -0.3 is 14.9 Å². The maximum Gasteiger partial charge on any atom is 0.340 e. The first kappa shape index (κ1) is 21.7. The molecular weight excluding hydrogens is 448 g/mol. The molecule has 6 rings (SSSR count). The number of benzene rings is 5. The molecule has 0 fully saturated rings. The van der Waals surface area contributed by atoms with Gasteiger partial charge in [0.15, 0.2) is 5.60 Å². The molecule has 0 amide bonds. The predicted octanol–water partition coefficient (Wildman–Crippen LogP) is 6.89. The van der Waals surface area contributed by atoms with Crippen LogP contribution in [0.4, 0.5) is 0 Å². The molecule has 0 aliphatic carbocycles. The lowest BCUT2D eigenvalue weighted by Crippen LogP contribution is -2.29. The summed E-state index contributed by atoms with van der Waals surface area (Å²) in [5.41, 5.74) is 4.27. The maximum atomic E-state index is 13.2. The van der Waals surface area contributed by atoms with E-state index in [2.05, 4.69) is 0 Å². The number of rotatable bonds is 4. The Labute approximate surface area is 208 Å². The van der Waals surface area contributed by atoms with E-state index in [1.807, 2.05) is 91.0 Å². The van der Waals surface area contributed by atoms with Crippen LogP contribution in [-0.4, -0.2) is 16.2 Å². The standard InChI is InChI=1S/C32H22O4/c33-25-17-15-23(16-18-25)32(29-14-8-7-13-26(29)31(35)36-32)24-19-27(21-9-3-1-4-10-21)30(34)28(20-24)22-11-5-2-6-12-22/h1-20,33-34H. The highest BCUT2D eigenvalue weighted by Gasteiger charge is 2.49. The van der Waals surface area contributed by atoms with Crippen LogP contribution in [-0.2, 0) is 10.3 Å². The first-order valence-electron chi connectivity index (χ1n) is 11.7. The van der Waals surface area contributed by atoms with Gasteiger partial charge in [0.25, 0.3) is 0 Å². The van der Waals surface area contributed by atoms with E-state index in [4.69, 9.17) is 4.74 Å². The number of phenols is 2. The SMILES string of the molecule is O=C1OC(c2ccc(O)cc2)(c2cc(-c3ccccc3)c(O)c(-c3ccccc3)c2)c2ccccc21. The molecule has 1 atom stereocenters. The van der Waals surface area contributed by atoms with Crippen molar-refractivity contribution in [1.29, 1.82) is 0 Å². The molecule has 1 aliphatic heterocycles. The Kier molecular flexibility index (Phi) is 5.08. The van der Waals surface area contributed by atoms with E-state index in [0.29, 0.717) is 33.4 Å². The van der Waals surface area contributed by atoms with Crippen molar-refractivity contribution >= 4 is 5.97 Å². The Balaban J connectivity index is 1.71. The number of ether oxygens (including phenoxy) is 1. The van der Waals surface area contributed by atoms with Crippen molar-refractivity contribution in [1.82, 2.24) is 0 Å². The van der Waals surface area contributed by atoms with Gasteiger partial charge in [-0.2, -0.15) is 0 Å². The third kappa shape index (κ3) is 3.35. The van der Waals surface area contributed by atoms with Crippen LogP contribution in [0.25, 0.3) is 22.3 Å². The number of carbonyl (C=O) groups excluding carboxylic acids is 1. The van der Waals surface area contributed by atoms with Crippen LogP contribution in [0.5, 0.6) is 11.5 Å². The highest BCUT2D eigenvalue weighted by molar-refractivity contribution is 5.97. The van der Waals surface area contributed by atoms with Crippen molar-refractivity contribution in [3.05, 3.63) is 144 Å². The zero-order valence-electron chi connectivity index (χ0n) is 19.3. The number of hydrogen-bond donors (Lipinski definition) is 2. The molecule has 1 heterocycles. The second-order valence-corrected chi connectivity index (χ2v) is 8.82. The summed E-state index contributed by atoms with van der Waals surface area (Å²) in [4.78, 5) is 13.2. The number of carbonyl (C=O) groups is 1. The van der Waals surface area contributed by atoms with Gasteiger partial charge in [0, 0.05) is 27.8 Å². The summed E-state index contributed by atoms with van der Waals surface area (Å²) in [6.07, 6.45) is 0. The predicted molar refractivity (Wildman–Crippen MR) is 139 cm³/mol. The number of hydrogen-bond acceptors (Lipinski definition) is 4. The Bertz CT molecular complexity index is 1510. The molecule has 4 nitrogen and oxygen atoms in total. The van der Waals surface area contributed by atoms with Gasteiger partial charge in [-0.15, -0.1) is 0 Å². The van der Waals surface area contributed by atoms with E-state index in [1.165, 1.54) is 0 Å². The van der Waals surface area contributed by atoms with E-state index in [9.17, 15) is 15.0 Å². The van der Waals surface area contributed by atoms with Crippen LogP contribution < -0.4 is 0 Å². The molecule has 36 heavy (non-hydrogen) atoms. The zero-order chi connectivity index (χ0) is 24.7. The van der Waals surface area contributed by atoms with E-state index < -0.39 is 11.6 Å². The normalized spacial score (nSPS) is 16.4. The van der Waals surface area contributed by atoms with Gasteiger partial charge in [-0.05, 0) is 41.5 Å². The average molecular weight is 471 g/mol. The van der Waals surface area contributed by atoms with Crippen LogP contribution in [0.1, 0.15) is 27.0 Å². The molecule has 0 radical (unpaired) electrons. The van der Waals surface area contributed by atoms with Crippen LogP contribution in [0.3, 0.4) is 0 Å². The molecule has 5 aromatic rings. The fraction of sp³-hybridized carbons (Fsp3) is 0.0312. The van der Waals surface area contributed by atoms with Gasteiger partial charge in [0.05, 0.1) is 5.56 Å². The molecule has 2 N–H and O–H groups in total. The lowest BCUT2D eigenvalue weighted by atomic mass is 9.78. The van der Waals surface area contributed by atoms with Crippen molar-refractivity contribution in [3.8, 4) is 33.8 Å². The van der Waals surface area contributed by atoms with Gasteiger partial charge in [0.2, 0.25) is 0 Å². The molecule has 0 saturated heterocycles. The smallest absolute Gasteiger partial charge is 0.340 e. The molecule has 5 aromatic carbocycles. The minimum absolute atomic E-state index is 0.118.